The number of carboxylic acids is 1. The molecule has 1 heterocycles. The second-order valence-corrected chi connectivity index (χ2v) is 5.21. The Balaban J connectivity index is 2.08. The Morgan fingerprint density at radius 2 is 2.19 bits per heavy atom. The highest BCUT2D eigenvalue weighted by Gasteiger charge is 2.34. The highest BCUT2D eigenvalue weighted by atomic mass is 16.5. The molecule has 108 valence electrons. The van der Waals surface area contributed by atoms with E-state index >= 15 is 0 Å². The van der Waals surface area contributed by atoms with Gasteiger partial charge in [0.05, 0.1) is 17.6 Å². The van der Waals surface area contributed by atoms with Crippen molar-refractivity contribution >= 4 is 17.8 Å². The highest BCUT2D eigenvalue weighted by molar-refractivity contribution is 6.18. The van der Waals surface area contributed by atoms with E-state index in [0.29, 0.717) is 23.3 Å². The first-order valence-corrected chi connectivity index (χ1v) is 6.64. The number of ketones is 1. The minimum atomic E-state index is -0.933. The molecule has 0 unspecified atom stereocenters. The van der Waals surface area contributed by atoms with E-state index in [4.69, 9.17) is 9.84 Å². The number of carbonyl (C=O) groups excluding carboxylic acids is 1. The number of Topliss-reactive ketones (excluding diaryl/α,β-unsaturated/α-hetero) is 1. The van der Waals surface area contributed by atoms with Gasteiger partial charge in [-0.2, -0.15) is 0 Å². The summed E-state index contributed by atoms with van der Waals surface area (Å²) in [5.41, 5.74) is 2.14. The van der Waals surface area contributed by atoms with E-state index in [1.165, 1.54) is 6.07 Å². The van der Waals surface area contributed by atoms with Gasteiger partial charge >= 0.3 is 5.97 Å². The first-order valence-electron chi connectivity index (χ1n) is 6.64. The van der Waals surface area contributed by atoms with Gasteiger partial charge in [-0.25, -0.2) is 0 Å². The van der Waals surface area contributed by atoms with Gasteiger partial charge in [-0.15, -0.1) is 0 Å². The molecule has 21 heavy (non-hydrogen) atoms. The van der Waals surface area contributed by atoms with Crippen LogP contribution in [0.2, 0.25) is 0 Å². The fraction of sp³-hybridized carbons (Fsp3) is 0.250. The van der Waals surface area contributed by atoms with Crippen molar-refractivity contribution in [1.29, 1.82) is 0 Å². The maximum atomic E-state index is 12.6. The van der Waals surface area contributed by atoms with Gasteiger partial charge < -0.3 is 14.9 Å². The Morgan fingerprint density at radius 1 is 1.43 bits per heavy atom. The third-order valence-corrected chi connectivity index (χ3v) is 3.73. The number of rotatable bonds is 2. The molecule has 1 atom stereocenters. The van der Waals surface area contributed by atoms with Crippen LogP contribution in [0.5, 0.6) is 5.75 Å². The van der Waals surface area contributed by atoms with Crippen LogP contribution in [-0.2, 0) is 9.53 Å². The van der Waals surface area contributed by atoms with Crippen LogP contribution >= 0.6 is 0 Å². The summed E-state index contributed by atoms with van der Waals surface area (Å²) >= 11 is 0. The number of hydrogen-bond donors (Lipinski definition) is 2. The third kappa shape index (κ3) is 2.20. The molecule has 0 spiro atoms. The average Bonchev–Trinajstić information content (AvgIpc) is 2.36. The molecule has 1 aliphatic carbocycles. The summed E-state index contributed by atoms with van der Waals surface area (Å²) in [4.78, 5) is 23.4. The van der Waals surface area contributed by atoms with Gasteiger partial charge in [-0.05, 0) is 30.2 Å². The summed E-state index contributed by atoms with van der Waals surface area (Å²) in [6.07, 6.45) is 1.62. The molecule has 0 radical (unpaired) electrons. The van der Waals surface area contributed by atoms with Gasteiger partial charge in [0, 0.05) is 6.42 Å². The number of phenols is 1. The zero-order chi connectivity index (χ0) is 15.1. The zero-order valence-electron chi connectivity index (χ0n) is 11.4. The van der Waals surface area contributed by atoms with Crippen molar-refractivity contribution in [2.45, 2.75) is 25.9 Å². The number of aliphatic carboxylic acids is 1. The minimum absolute atomic E-state index is 0.0549. The molecule has 1 aromatic rings. The van der Waals surface area contributed by atoms with E-state index in [-0.39, 0.29) is 23.5 Å². The predicted molar refractivity (Wildman–Crippen MR) is 74.9 cm³/mol. The topological polar surface area (TPSA) is 83.8 Å². The highest BCUT2D eigenvalue weighted by Crippen LogP contribution is 2.40. The molecule has 0 saturated heterocycles. The Labute approximate surface area is 121 Å². The van der Waals surface area contributed by atoms with E-state index in [9.17, 15) is 14.7 Å². The first-order chi connectivity index (χ1) is 9.97. The van der Waals surface area contributed by atoms with Crippen LogP contribution in [0, 0.1) is 0 Å². The number of aromatic hydroxyl groups is 1. The van der Waals surface area contributed by atoms with Crippen molar-refractivity contribution in [2.75, 3.05) is 0 Å². The summed E-state index contributed by atoms with van der Waals surface area (Å²) < 4.78 is 5.55. The van der Waals surface area contributed by atoms with E-state index in [2.05, 4.69) is 0 Å². The molecule has 5 nitrogen and oxygen atoms in total. The molecule has 1 aliphatic heterocycles. The summed E-state index contributed by atoms with van der Waals surface area (Å²) in [5, 5.41) is 18.8. The van der Waals surface area contributed by atoms with Gasteiger partial charge in [-0.3, -0.25) is 9.59 Å². The number of phenolic OH excluding ortho intramolecular Hbond substituents is 1. The molecule has 0 amide bonds. The van der Waals surface area contributed by atoms with Crippen LogP contribution in [0.15, 0.2) is 35.1 Å². The summed E-state index contributed by atoms with van der Waals surface area (Å²) in [7, 11) is 0. The maximum Gasteiger partial charge on any atom is 0.307 e. The average molecular weight is 286 g/mol. The Hall–Kier alpha value is -2.56. The van der Waals surface area contributed by atoms with Crippen molar-refractivity contribution in [3.05, 3.63) is 46.2 Å². The number of carbonyl (C=O) groups is 2. The lowest BCUT2D eigenvalue weighted by Crippen LogP contribution is -2.27. The van der Waals surface area contributed by atoms with Gasteiger partial charge in [0.1, 0.15) is 17.6 Å². The monoisotopic (exact) mass is 286 g/mol. The molecular formula is C16H14O5. The standard InChI is InChI=1S/C16H14O5/c1-8-14-10(6-11(21-8)7-13(18)19)5-9-3-2-4-12(17)15(9)16(14)20/h2-5,11,17H,6-7H2,1H3,(H,18,19)/t11-/m0/s1. The van der Waals surface area contributed by atoms with Gasteiger partial charge in [0.2, 0.25) is 5.78 Å². The second-order valence-electron chi connectivity index (χ2n) is 5.21. The van der Waals surface area contributed by atoms with Crippen LogP contribution in [0.25, 0.3) is 6.08 Å². The number of ether oxygens (including phenoxy) is 1. The molecular weight excluding hydrogens is 272 g/mol. The van der Waals surface area contributed by atoms with Gasteiger partial charge in [-0.1, -0.05) is 12.1 Å². The van der Waals surface area contributed by atoms with Crippen molar-refractivity contribution in [3.8, 4) is 5.75 Å². The van der Waals surface area contributed by atoms with Crippen molar-refractivity contribution in [2.24, 2.45) is 0 Å². The Kier molecular flexibility index (Phi) is 3.05. The van der Waals surface area contributed by atoms with Crippen LogP contribution < -0.4 is 0 Å². The maximum absolute atomic E-state index is 12.6. The van der Waals surface area contributed by atoms with Crippen LogP contribution in [0.4, 0.5) is 0 Å². The van der Waals surface area contributed by atoms with E-state index in [0.717, 1.165) is 5.57 Å². The Morgan fingerprint density at radius 3 is 2.90 bits per heavy atom. The van der Waals surface area contributed by atoms with Crippen LogP contribution in [0.1, 0.15) is 35.7 Å². The second kappa shape index (κ2) is 4.77. The van der Waals surface area contributed by atoms with Gasteiger partial charge in [0.15, 0.2) is 0 Å². The third-order valence-electron chi connectivity index (χ3n) is 3.73. The number of allylic oxidation sites excluding steroid dienone is 2. The normalized spacial score (nSPS) is 20.3. The smallest absolute Gasteiger partial charge is 0.307 e. The van der Waals surface area contributed by atoms with Crippen LogP contribution in [0.3, 0.4) is 0 Å². The lowest BCUT2D eigenvalue weighted by molar-refractivity contribution is -0.139. The van der Waals surface area contributed by atoms with Crippen molar-refractivity contribution < 1.29 is 24.5 Å². The molecule has 0 saturated carbocycles. The lowest BCUT2D eigenvalue weighted by atomic mass is 9.82. The molecule has 1 aromatic carbocycles. The molecule has 0 aromatic heterocycles. The SMILES string of the molecule is CC1=C2C(=O)c3c(O)cccc3C=C2C[C@@H](CC(=O)O)O1. The molecule has 0 fully saturated rings. The van der Waals surface area contributed by atoms with Crippen molar-refractivity contribution in [1.82, 2.24) is 0 Å². The quantitative estimate of drug-likeness (QED) is 0.872. The van der Waals surface area contributed by atoms with E-state index in [1.54, 1.807) is 19.1 Å². The number of benzene rings is 1. The van der Waals surface area contributed by atoms with Crippen LogP contribution in [-0.4, -0.2) is 28.1 Å². The molecule has 2 N–H and O–H groups in total. The fourth-order valence-electron chi connectivity index (χ4n) is 2.91. The molecule has 3 rings (SSSR count). The number of fused-ring (bicyclic) bond motifs is 2. The van der Waals surface area contributed by atoms with E-state index in [1.807, 2.05) is 6.08 Å². The van der Waals surface area contributed by atoms with Crippen molar-refractivity contribution in [3.63, 3.8) is 0 Å². The molecule has 0 bridgehead atoms. The van der Waals surface area contributed by atoms with E-state index < -0.39 is 12.1 Å². The largest absolute Gasteiger partial charge is 0.507 e. The summed E-state index contributed by atoms with van der Waals surface area (Å²) in [5.74, 6) is -0.845. The zero-order valence-corrected chi connectivity index (χ0v) is 11.4. The van der Waals surface area contributed by atoms with Gasteiger partial charge in [0.25, 0.3) is 0 Å². The lowest BCUT2D eigenvalue weighted by Gasteiger charge is -2.30. The Bertz CT molecular complexity index is 711. The summed E-state index contributed by atoms with van der Waals surface area (Å²) in [6.45, 7) is 1.65. The molecule has 5 heteroatoms. The predicted octanol–water partition coefficient (Wildman–Crippen LogP) is 2.51. The minimum Gasteiger partial charge on any atom is -0.507 e. The molecule has 2 aliphatic rings. The number of carboxylic acid groups (broad SMARTS) is 1. The number of hydrogen-bond acceptors (Lipinski definition) is 4. The summed E-state index contributed by atoms with van der Waals surface area (Å²) in [6, 6.07) is 4.91. The first kappa shape index (κ1) is 13.4. The fourth-order valence-corrected chi connectivity index (χ4v) is 2.91.